The highest BCUT2D eigenvalue weighted by Crippen LogP contribution is 2.70. The van der Waals surface area contributed by atoms with Crippen LogP contribution in [-0.2, 0) is 28.5 Å². The van der Waals surface area contributed by atoms with Gasteiger partial charge in [-0.3, -0.25) is 0 Å². The van der Waals surface area contributed by atoms with Gasteiger partial charge in [0.2, 0.25) is 0 Å². The van der Waals surface area contributed by atoms with E-state index in [1.54, 1.807) is 6.92 Å². The van der Waals surface area contributed by atoms with E-state index >= 15 is 0 Å². The van der Waals surface area contributed by atoms with Crippen molar-refractivity contribution in [3.05, 3.63) is 11.6 Å². The molecule has 11 nitrogen and oxygen atoms in total. The first-order valence-electron chi connectivity index (χ1n) is 15.0. The predicted molar refractivity (Wildman–Crippen MR) is 141 cm³/mol. The number of carbonyl (C=O) groups excluding carboxylic acids is 2. The molecule has 14 atom stereocenters. The summed E-state index contributed by atoms with van der Waals surface area (Å²) in [5, 5.41) is 57.0. The maximum Gasteiger partial charge on any atom is 0.331 e. The number of methoxy groups -OCH3 is 1. The second-order valence-electron chi connectivity index (χ2n) is 13.7. The zero-order valence-electron chi connectivity index (χ0n) is 24.0. The lowest BCUT2D eigenvalue weighted by atomic mass is 9.41. The number of fused-ring (bicyclic) bond motifs is 5. The largest absolute Gasteiger partial charge is 0.458 e. The molecular formula is C30H44O11. The molecule has 0 unspecified atom stereocenters. The minimum Gasteiger partial charge on any atom is -0.458 e. The lowest BCUT2D eigenvalue weighted by Crippen LogP contribution is -2.71. The fourth-order valence-electron chi connectivity index (χ4n) is 9.98. The number of esters is 1. The zero-order chi connectivity index (χ0) is 29.5. The monoisotopic (exact) mass is 580 g/mol. The van der Waals surface area contributed by atoms with Crippen molar-refractivity contribution in [1.29, 1.82) is 0 Å². The molecule has 2 heterocycles. The van der Waals surface area contributed by atoms with Crippen LogP contribution in [-0.4, -0.2) is 106 Å². The summed E-state index contributed by atoms with van der Waals surface area (Å²) in [6, 6.07) is 0. The smallest absolute Gasteiger partial charge is 0.331 e. The molecule has 0 spiro atoms. The summed E-state index contributed by atoms with van der Waals surface area (Å²) >= 11 is 0. The fraction of sp³-hybridized carbons (Fsp3) is 0.867. The number of aliphatic hydroxyl groups is 5. The molecule has 11 heteroatoms. The normalized spacial score (nSPS) is 54.9. The summed E-state index contributed by atoms with van der Waals surface area (Å²) in [5.74, 6) is -1.36. The number of aldehydes is 1. The standard InChI is InChI=1S/C30H44O11/c1-15-23(34)24(35)25(38-3)26(40-15)41-17-4-7-28(14-31)20-11-21(32)27(2)18(16-10-22(33)39-13-16)6-9-30(27,37)19(20)5-8-29(28,36)12-17/h10,14-15,17-21,23-26,32,34-37H,4-9,11-13H2,1-3H3/t15-,17-,18-,19-,20-,21+,23-,24+,25-,26+,27-,28-,29+,30-/m0/s1. The van der Waals surface area contributed by atoms with Crippen molar-refractivity contribution in [2.24, 2.45) is 28.6 Å². The van der Waals surface area contributed by atoms with Gasteiger partial charge in [0.15, 0.2) is 6.29 Å². The van der Waals surface area contributed by atoms with Gasteiger partial charge in [0.05, 0.1) is 34.9 Å². The average molecular weight is 581 g/mol. The highest BCUT2D eigenvalue weighted by atomic mass is 16.7. The van der Waals surface area contributed by atoms with Gasteiger partial charge in [-0.2, -0.15) is 0 Å². The predicted octanol–water partition coefficient (Wildman–Crippen LogP) is 0.375. The van der Waals surface area contributed by atoms with E-state index in [1.165, 1.54) is 13.2 Å². The Hall–Kier alpha value is -1.44. The number of cyclic esters (lactones) is 1. The summed E-state index contributed by atoms with van der Waals surface area (Å²) < 4.78 is 22.6. The molecule has 0 aromatic heterocycles. The molecule has 4 aliphatic carbocycles. The first-order valence-corrected chi connectivity index (χ1v) is 15.0. The lowest BCUT2D eigenvalue weighted by Gasteiger charge is -2.66. The van der Waals surface area contributed by atoms with Crippen LogP contribution >= 0.6 is 0 Å². The van der Waals surface area contributed by atoms with Gasteiger partial charge in [0.25, 0.3) is 0 Å². The van der Waals surface area contributed by atoms with E-state index in [9.17, 15) is 35.1 Å². The van der Waals surface area contributed by atoms with E-state index in [1.807, 2.05) is 6.92 Å². The SMILES string of the molecule is CO[C@@H]1[C@@H](O[C@H]2CC[C@]3(C=O)[C@H]4C[C@@H](O)[C@]5(C)[C@H](C6=CC(=O)OC6)CC[C@]5(O)[C@H]4CC[C@@]3(O)C2)O[C@@H](C)[C@H](O)[C@H]1O. The molecule has 5 N–H and O–H groups in total. The van der Waals surface area contributed by atoms with Crippen molar-refractivity contribution in [3.63, 3.8) is 0 Å². The van der Waals surface area contributed by atoms with Gasteiger partial charge in [-0.15, -0.1) is 0 Å². The Bertz CT molecular complexity index is 1100. The minimum absolute atomic E-state index is 0.152. The van der Waals surface area contributed by atoms with Crippen molar-refractivity contribution in [2.75, 3.05) is 13.7 Å². The van der Waals surface area contributed by atoms with Crippen molar-refractivity contribution < 1.29 is 54.1 Å². The van der Waals surface area contributed by atoms with Crippen molar-refractivity contribution in [3.8, 4) is 0 Å². The molecule has 2 aliphatic heterocycles. The molecular weight excluding hydrogens is 536 g/mol. The number of ether oxygens (including phenoxy) is 4. The van der Waals surface area contributed by atoms with Gasteiger partial charge in [-0.25, -0.2) is 4.79 Å². The molecule has 6 aliphatic rings. The number of aliphatic hydroxyl groups excluding tert-OH is 3. The van der Waals surface area contributed by atoms with Crippen LogP contribution in [0.25, 0.3) is 0 Å². The average Bonchev–Trinajstić information content (AvgIpc) is 3.48. The number of rotatable bonds is 5. The van der Waals surface area contributed by atoms with Gasteiger partial charge in [-0.1, -0.05) is 6.92 Å². The lowest BCUT2D eigenvalue weighted by molar-refractivity contribution is -0.322. The van der Waals surface area contributed by atoms with Crippen LogP contribution in [0.1, 0.15) is 65.2 Å². The third kappa shape index (κ3) is 4.00. The van der Waals surface area contributed by atoms with Crippen molar-refractivity contribution in [2.45, 2.75) is 119 Å². The van der Waals surface area contributed by atoms with E-state index in [0.717, 1.165) is 11.9 Å². The van der Waals surface area contributed by atoms with Crippen LogP contribution < -0.4 is 0 Å². The first-order chi connectivity index (χ1) is 19.3. The minimum atomic E-state index is -1.42. The second kappa shape index (κ2) is 10.1. The molecule has 0 bridgehead atoms. The quantitative estimate of drug-likeness (QED) is 0.173. The van der Waals surface area contributed by atoms with E-state index < -0.39 is 76.8 Å². The van der Waals surface area contributed by atoms with Crippen LogP contribution in [0.3, 0.4) is 0 Å². The molecule has 41 heavy (non-hydrogen) atoms. The number of hydrogen-bond donors (Lipinski definition) is 5. The van der Waals surface area contributed by atoms with Gasteiger partial charge < -0.3 is 49.3 Å². The summed E-state index contributed by atoms with van der Waals surface area (Å²) in [5.41, 5.74) is -3.98. The Labute approximate surface area is 239 Å². The Morgan fingerprint density at radius 3 is 2.46 bits per heavy atom. The van der Waals surface area contributed by atoms with E-state index in [2.05, 4.69) is 0 Å². The Balaban J connectivity index is 1.25. The molecule has 0 radical (unpaired) electrons. The summed E-state index contributed by atoms with van der Waals surface area (Å²) in [7, 11) is 1.40. The molecule has 0 aromatic rings. The van der Waals surface area contributed by atoms with Gasteiger partial charge in [0.1, 0.15) is 31.2 Å². The molecule has 6 rings (SSSR count). The maximum absolute atomic E-state index is 13.1. The third-order valence-electron chi connectivity index (χ3n) is 12.3. The Morgan fingerprint density at radius 1 is 1.05 bits per heavy atom. The second-order valence-corrected chi connectivity index (χ2v) is 13.7. The summed E-state index contributed by atoms with van der Waals surface area (Å²) in [6.45, 7) is 3.70. The summed E-state index contributed by atoms with van der Waals surface area (Å²) in [6.07, 6.45) is -1.06. The van der Waals surface area contributed by atoms with Gasteiger partial charge in [0, 0.05) is 25.0 Å². The number of carbonyl (C=O) groups is 2. The van der Waals surface area contributed by atoms with Crippen LogP contribution in [0.5, 0.6) is 0 Å². The Morgan fingerprint density at radius 2 is 1.80 bits per heavy atom. The van der Waals surface area contributed by atoms with Crippen LogP contribution in [0, 0.1) is 28.6 Å². The zero-order valence-corrected chi connectivity index (χ0v) is 24.0. The Kier molecular flexibility index (Phi) is 7.26. The topological polar surface area (TPSA) is 172 Å². The van der Waals surface area contributed by atoms with E-state index in [0.29, 0.717) is 32.1 Å². The van der Waals surface area contributed by atoms with Crippen LogP contribution in [0.15, 0.2) is 11.6 Å². The molecule has 0 aromatic carbocycles. The molecule has 4 saturated carbocycles. The highest BCUT2D eigenvalue weighted by Gasteiger charge is 2.74. The van der Waals surface area contributed by atoms with Crippen LogP contribution in [0.2, 0.25) is 0 Å². The van der Waals surface area contributed by atoms with E-state index in [-0.39, 0.29) is 37.7 Å². The molecule has 0 amide bonds. The molecule has 230 valence electrons. The maximum atomic E-state index is 13.1. The molecule has 5 fully saturated rings. The fourth-order valence-corrected chi connectivity index (χ4v) is 9.98. The van der Waals surface area contributed by atoms with E-state index in [4.69, 9.17) is 18.9 Å². The first kappa shape index (κ1) is 29.6. The third-order valence-corrected chi connectivity index (χ3v) is 12.3. The van der Waals surface area contributed by atoms with Crippen molar-refractivity contribution >= 4 is 12.3 Å². The van der Waals surface area contributed by atoms with Gasteiger partial charge >= 0.3 is 5.97 Å². The summed E-state index contributed by atoms with van der Waals surface area (Å²) in [4.78, 5) is 24.9. The van der Waals surface area contributed by atoms with Crippen LogP contribution in [0.4, 0.5) is 0 Å². The highest BCUT2D eigenvalue weighted by molar-refractivity contribution is 5.85. The number of hydrogen-bond acceptors (Lipinski definition) is 11. The van der Waals surface area contributed by atoms with Crippen molar-refractivity contribution in [1.82, 2.24) is 0 Å². The molecule has 1 saturated heterocycles. The van der Waals surface area contributed by atoms with Gasteiger partial charge in [-0.05, 0) is 75.2 Å².